The van der Waals surface area contributed by atoms with E-state index in [2.05, 4.69) is 6.07 Å². The van der Waals surface area contributed by atoms with Gasteiger partial charge in [-0.1, -0.05) is 72.3 Å². The van der Waals surface area contributed by atoms with Crippen LogP contribution in [0.1, 0.15) is 27.0 Å². The van der Waals surface area contributed by atoms with E-state index in [9.17, 15) is 14.9 Å². The van der Waals surface area contributed by atoms with E-state index >= 15 is 0 Å². The highest BCUT2D eigenvalue weighted by Crippen LogP contribution is 2.29. The van der Waals surface area contributed by atoms with Crippen LogP contribution in [0.2, 0.25) is 0 Å². The van der Waals surface area contributed by atoms with E-state index in [0.717, 1.165) is 5.56 Å². The van der Waals surface area contributed by atoms with Crippen molar-refractivity contribution in [3.05, 3.63) is 101 Å². The summed E-state index contributed by atoms with van der Waals surface area (Å²) in [4.78, 5) is 26.2. The molecule has 0 amide bonds. The maximum absolute atomic E-state index is 13.3. The summed E-state index contributed by atoms with van der Waals surface area (Å²) in [7, 11) is 1.54. The van der Waals surface area contributed by atoms with E-state index in [1.165, 1.54) is 0 Å². The standard InChI is InChI=1S/C25H19NO3/c1-17-8-10-20(11-9-17)24(27)25(28)23(19-12-14-21(29-2)15-13-19)22(16-26)18-6-4-3-5-7-18/h3-15H,1-2H3/b23-22-. The molecule has 4 heteroatoms. The van der Waals surface area contributed by atoms with E-state index in [0.29, 0.717) is 16.9 Å². The number of nitrogens with zero attached hydrogens (tertiary/aromatic N) is 1. The molecule has 0 spiro atoms. The van der Waals surface area contributed by atoms with Crippen LogP contribution in [0.4, 0.5) is 0 Å². The lowest BCUT2D eigenvalue weighted by Gasteiger charge is -2.11. The Labute approximate surface area is 169 Å². The van der Waals surface area contributed by atoms with E-state index in [4.69, 9.17) is 4.74 Å². The minimum absolute atomic E-state index is 0.0759. The quantitative estimate of drug-likeness (QED) is 0.200. The van der Waals surface area contributed by atoms with Crippen LogP contribution in [0.5, 0.6) is 5.75 Å². The predicted octanol–water partition coefficient (Wildman–Crippen LogP) is 4.89. The highest BCUT2D eigenvalue weighted by Gasteiger charge is 2.26. The summed E-state index contributed by atoms with van der Waals surface area (Å²) >= 11 is 0. The third-order valence-corrected chi connectivity index (χ3v) is 4.55. The van der Waals surface area contributed by atoms with Crippen LogP contribution in [0.15, 0.2) is 78.9 Å². The lowest BCUT2D eigenvalue weighted by atomic mass is 9.89. The molecule has 0 atom stereocenters. The van der Waals surface area contributed by atoms with Crippen LogP contribution < -0.4 is 4.74 Å². The van der Waals surface area contributed by atoms with Gasteiger partial charge in [-0.05, 0) is 30.2 Å². The molecule has 3 rings (SSSR count). The number of ether oxygens (including phenoxy) is 1. The lowest BCUT2D eigenvalue weighted by Crippen LogP contribution is -2.17. The second kappa shape index (κ2) is 8.81. The average Bonchev–Trinajstić information content (AvgIpc) is 2.77. The maximum atomic E-state index is 13.3. The van der Waals surface area contributed by atoms with E-state index < -0.39 is 11.6 Å². The minimum Gasteiger partial charge on any atom is -0.497 e. The first-order valence-electron chi connectivity index (χ1n) is 9.05. The molecule has 0 aliphatic rings. The van der Waals surface area contributed by atoms with Crippen molar-refractivity contribution in [1.82, 2.24) is 0 Å². The second-order valence-electron chi connectivity index (χ2n) is 6.48. The average molecular weight is 381 g/mol. The summed E-state index contributed by atoms with van der Waals surface area (Å²) in [5.74, 6) is -0.762. The van der Waals surface area contributed by atoms with Crippen molar-refractivity contribution in [3.63, 3.8) is 0 Å². The van der Waals surface area contributed by atoms with Gasteiger partial charge in [0.05, 0.1) is 18.3 Å². The molecule has 3 aromatic carbocycles. The number of hydrogen-bond donors (Lipinski definition) is 0. The number of methoxy groups -OCH3 is 1. The van der Waals surface area contributed by atoms with Crippen molar-refractivity contribution < 1.29 is 14.3 Å². The Morgan fingerprint density at radius 2 is 1.38 bits per heavy atom. The number of hydrogen-bond acceptors (Lipinski definition) is 4. The van der Waals surface area contributed by atoms with E-state index in [-0.39, 0.29) is 16.7 Å². The zero-order chi connectivity index (χ0) is 20.8. The summed E-state index contributed by atoms with van der Waals surface area (Å²) in [6.45, 7) is 1.90. The minimum atomic E-state index is -0.723. The van der Waals surface area contributed by atoms with Gasteiger partial charge in [0.15, 0.2) is 0 Å². The smallest absolute Gasteiger partial charge is 0.235 e. The SMILES string of the molecule is COc1ccc(/C(C(=O)C(=O)c2ccc(C)cc2)=C(\C#N)c2ccccc2)cc1. The fraction of sp³-hybridized carbons (Fsp3) is 0.0800. The van der Waals surface area contributed by atoms with Crippen molar-refractivity contribution in [2.45, 2.75) is 6.92 Å². The van der Waals surface area contributed by atoms with Gasteiger partial charge in [0, 0.05) is 5.56 Å². The number of ketones is 2. The Morgan fingerprint density at radius 3 is 1.93 bits per heavy atom. The lowest BCUT2D eigenvalue weighted by molar-refractivity contribution is -0.110. The molecule has 0 aromatic heterocycles. The van der Waals surface area contributed by atoms with Crippen molar-refractivity contribution in [2.75, 3.05) is 7.11 Å². The van der Waals surface area contributed by atoms with Gasteiger partial charge >= 0.3 is 0 Å². The van der Waals surface area contributed by atoms with Crippen molar-refractivity contribution in [1.29, 1.82) is 5.26 Å². The molecule has 142 valence electrons. The fourth-order valence-electron chi connectivity index (χ4n) is 2.97. The first-order chi connectivity index (χ1) is 14.0. The molecule has 0 unspecified atom stereocenters. The molecule has 0 aliphatic heterocycles. The molecular formula is C25H19NO3. The van der Waals surface area contributed by atoms with E-state index in [1.807, 2.05) is 13.0 Å². The molecule has 29 heavy (non-hydrogen) atoms. The third kappa shape index (κ3) is 4.31. The van der Waals surface area contributed by atoms with Gasteiger partial charge in [-0.3, -0.25) is 9.59 Å². The molecule has 0 heterocycles. The highest BCUT2D eigenvalue weighted by molar-refractivity contribution is 6.60. The largest absolute Gasteiger partial charge is 0.497 e. The summed E-state index contributed by atoms with van der Waals surface area (Å²) in [5, 5.41) is 9.85. The number of rotatable bonds is 6. The van der Waals surface area contributed by atoms with Gasteiger partial charge in [0.2, 0.25) is 11.6 Å². The number of nitriles is 1. The van der Waals surface area contributed by atoms with Crippen molar-refractivity contribution >= 4 is 22.7 Å². The predicted molar refractivity (Wildman–Crippen MR) is 112 cm³/mol. The van der Waals surface area contributed by atoms with Gasteiger partial charge < -0.3 is 4.74 Å². The van der Waals surface area contributed by atoms with Crippen molar-refractivity contribution in [2.24, 2.45) is 0 Å². The van der Waals surface area contributed by atoms with Gasteiger partial charge in [-0.25, -0.2) is 0 Å². The number of allylic oxidation sites excluding steroid dienone is 2. The molecular weight excluding hydrogens is 362 g/mol. The maximum Gasteiger partial charge on any atom is 0.235 e. The molecule has 4 nitrogen and oxygen atoms in total. The zero-order valence-electron chi connectivity index (χ0n) is 16.2. The van der Waals surface area contributed by atoms with E-state index in [1.54, 1.807) is 79.9 Å². The molecule has 0 saturated heterocycles. The number of carbonyl (C=O) groups is 2. The number of benzene rings is 3. The second-order valence-corrected chi connectivity index (χ2v) is 6.48. The topological polar surface area (TPSA) is 67.2 Å². The van der Waals surface area contributed by atoms with Crippen molar-refractivity contribution in [3.8, 4) is 11.8 Å². The van der Waals surface area contributed by atoms with Gasteiger partial charge in [0.1, 0.15) is 11.8 Å². The van der Waals surface area contributed by atoms with Crippen LogP contribution >= 0.6 is 0 Å². The third-order valence-electron chi connectivity index (χ3n) is 4.55. The summed E-state index contributed by atoms with van der Waals surface area (Å²) < 4.78 is 5.18. The van der Waals surface area contributed by atoms with Crippen LogP contribution in [-0.4, -0.2) is 18.7 Å². The Balaban J connectivity index is 2.17. The molecule has 0 aliphatic carbocycles. The molecule has 0 radical (unpaired) electrons. The Bertz CT molecular complexity index is 1100. The Hall–Kier alpha value is -3.97. The highest BCUT2D eigenvalue weighted by atomic mass is 16.5. The van der Waals surface area contributed by atoms with Crippen LogP contribution in [0, 0.1) is 18.3 Å². The molecule has 0 N–H and O–H groups in total. The van der Waals surface area contributed by atoms with Crippen LogP contribution in [-0.2, 0) is 4.79 Å². The monoisotopic (exact) mass is 381 g/mol. The van der Waals surface area contributed by atoms with Crippen LogP contribution in [0.25, 0.3) is 11.1 Å². The number of carbonyl (C=O) groups excluding carboxylic acids is 2. The summed E-state index contributed by atoms with van der Waals surface area (Å²) in [6.07, 6.45) is 0. The Morgan fingerprint density at radius 1 is 0.793 bits per heavy atom. The Kier molecular flexibility index (Phi) is 6.01. The molecule has 0 fully saturated rings. The summed E-state index contributed by atoms with van der Waals surface area (Å²) in [6, 6.07) is 24.5. The van der Waals surface area contributed by atoms with Gasteiger partial charge in [0.25, 0.3) is 0 Å². The first-order valence-corrected chi connectivity index (χ1v) is 9.05. The zero-order valence-corrected chi connectivity index (χ0v) is 16.2. The first kappa shape index (κ1) is 19.8. The summed E-state index contributed by atoms with van der Waals surface area (Å²) in [5.41, 5.74) is 2.56. The van der Waals surface area contributed by atoms with Gasteiger partial charge in [-0.15, -0.1) is 0 Å². The normalized spacial score (nSPS) is 11.2. The number of aryl methyl sites for hydroxylation is 1. The molecule has 0 bridgehead atoms. The van der Waals surface area contributed by atoms with Crippen LogP contribution in [0.3, 0.4) is 0 Å². The fourth-order valence-corrected chi connectivity index (χ4v) is 2.97. The molecule has 3 aromatic rings. The number of Topliss-reactive ketones (excluding diaryl/α,β-unsaturated/α-hetero) is 2. The van der Waals surface area contributed by atoms with Gasteiger partial charge in [-0.2, -0.15) is 5.26 Å². The molecule has 0 saturated carbocycles.